The second kappa shape index (κ2) is 5.68. The normalized spacial score (nSPS) is 22.7. The Kier molecular flexibility index (Phi) is 3.63. The third kappa shape index (κ3) is 2.16. The molecule has 0 saturated heterocycles. The molecule has 0 radical (unpaired) electrons. The summed E-state index contributed by atoms with van der Waals surface area (Å²) in [7, 11) is -3.02. The first-order valence-corrected chi connectivity index (χ1v) is 9.43. The molecule has 2 aliphatic heterocycles. The molecule has 1 unspecified atom stereocenters. The minimum absolute atomic E-state index is 0.0509. The van der Waals surface area contributed by atoms with E-state index in [2.05, 4.69) is 5.10 Å². The number of furan rings is 1. The number of fused-ring (bicyclic) bond motifs is 2. The van der Waals surface area contributed by atoms with Gasteiger partial charge in [-0.25, -0.2) is 17.5 Å². The van der Waals surface area contributed by atoms with Gasteiger partial charge in [-0.15, -0.1) is 0 Å². The van der Waals surface area contributed by atoms with E-state index in [9.17, 15) is 18.0 Å². The van der Waals surface area contributed by atoms with Crippen LogP contribution in [0.15, 0.2) is 57.1 Å². The highest BCUT2D eigenvalue weighted by Gasteiger charge is 2.64. The summed E-state index contributed by atoms with van der Waals surface area (Å²) >= 11 is 0. The molecule has 1 atom stereocenters. The van der Waals surface area contributed by atoms with Gasteiger partial charge in [-0.2, -0.15) is 10.1 Å². The highest BCUT2D eigenvalue weighted by molar-refractivity contribution is 7.90. The lowest BCUT2D eigenvalue weighted by atomic mass is 9.93. The van der Waals surface area contributed by atoms with Crippen LogP contribution in [-0.2, 0) is 25.2 Å². The number of carbonyl (C=O) groups is 2. The minimum Gasteiger partial charge on any atom is -0.463 e. The second-order valence-corrected chi connectivity index (χ2v) is 7.84. The number of rotatable bonds is 1. The van der Waals surface area contributed by atoms with Crippen molar-refractivity contribution in [3.8, 4) is 0 Å². The fourth-order valence-corrected chi connectivity index (χ4v) is 5.56. The number of hydrogen-bond donors (Lipinski definition) is 0. The highest BCUT2D eigenvalue weighted by Crippen LogP contribution is 2.52. The third-order valence-corrected chi connectivity index (χ3v) is 6.55. The average molecular weight is 389 g/mol. The Morgan fingerprint density at radius 2 is 1.96 bits per heavy atom. The molecule has 0 N–H and O–H groups in total. The molecule has 9 nitrogen and oxygen atoms in total. The Balaban J connectivity index is 2.01. The molecule has 0 bridgehead atoms. The fraction of sp³-hybridized carbons (Fsp3) is 0.235. The van der Waals surface area contributed by atoms with Crippen molar-refractivity contribution in [1.82, 2.24) is 9.31 Å². The number of carbonyl (C=O) groups excluding carboxylic acids is 2. The van der Waals surface area contributed by atoms with E-state index in [4.69, 9.17) is 9.15 Å². The monoisotopic (exact) mass is 389 g/mol. The molecule has 0 aliphatic carbocycles. The molecule has 0 saturated carbocycles. The van der Waals surface area contributed by atoms with E-state index in [0.717, 1.165) is 19.0 Å². The van der Waals surface area contributed by atoms with Gasteiger partial charge in [0, 0.05) is 18.9 Å². The van der Waals surface area contributed by atoms with E-state index in [-0.39, 0.29) is 16.9 Å². The van der Waals surface area contributed by atoms with Crippen molar-refractivity contribution in [3.05, 3.63) is 54.0 Å². The number of hydrazone groups is 1. The largest absolute Gasteiger partial charge is 0.463 e. The molecule has 2 amide bonds. The van der Waals surface area contributed by atoms with E-state index in [1.165, 1.54) is 12.3 Å². The van der Waals surface area contributed by atoms with Crippen LogP contribution in [0.25, 0.3) is 0 Å². The lowest BCUT2D eigenvalue weighted by molar-refractivity contribution is -0.132. The number of nitrogens with zero attached hydrogens (tertiary/aromatic N) is 3. The Hall–Kier alpha value is -3.14. The van der Waals surface area contributed by atoms with Gasteiger partial charge in [0.1, 0.15) is 11.5 Å². The van der Waals surface area contributed by atoms with Crippen molar-refractivity contribution < 1.29 is 27.2 Å². The summed E-state index contributed by atoms with van der Waals surface area (Å²) < 4.78 is 37.0. The standard InChI is InChI=1S/C17H15N3O6S/c1-11(21)20-17(12-6-3-4-8-15(12)27(20,23)24)10-13(14-7-5-9-26-14)18-19(17)16(22)25-2/h3-9H,10H2,1-2H3. The molecule has 0 fully saturated rings. The molecule has 3 heterocycles. The maximum Gasteiger partial charge on any atom is 0.432 e. The zero-order valence-electron chi connectivity index (χ0n) is 14.4. The van der Waals surface area contributed by atoms with E-state index in [0.29, 0.717) is 15.8 Å². The summed E-state index contributed by atoms with van der Waals surface area (Å²) in [6, 6.07) is 9.44. The van der Waals surface area contributed by atoms with Gasteiger partial charge in [0.05, 0.1) is 18.3 Å². The Morgan fingerprint density at radius 3 is 2.59 bits per heavy atom. The number of ether oxygens (including phenoxy) is 1. The Morgan fingerprint density at radius 1 is 1.22 bits per heavy atom. The van der Waals surface area contributed by atoms with Crippen molar-refractivity contribution in [3.63, 3.8) is 0 Å². The first kappa shape index (κ1) is 17.3. The molecule has 10 heteroatoms. The summed E-state index contributed by atoms with van der Waals surface area (Å²) in [5, 5.41) is 5.16. The van der Waals surface area contributed by atoms with Gasteiger partial charge in [0.25, 0.3) is 10.0 Å². The quantitative estimate of drug-likeness (QED) is 0.736. The van der Waals surface area contributed by atoms with E-state index in [1.54, 1.807) is 30.3 Å². The zero-order chi connectivity index (χ0) is 19.4. The summed E-state index contributed by atoms with van der Waals surface area (Å²) in [5.41, 5.74) is -1.09. The molecule has 140 valence electrons. The van der Waals surface area contributed by atoms with Crippen molar-refractivity contribution >= 4 is 27.7 Å². The smallest absolute Gasteiger partial charge is 0.432 e. The SMILES string of the molecule is COC(=O)N1N=C(c2ccco2)CC12c1ccccc1S(=O)(=O)N2C(C)=O. The van der Waals surface area contributed by atoms with Crippen LogP contribution in [0.4, 0.5) is 4.79 Å². The summed E-state index contributed by atoms with van der Waals surface area (Å²) in [6.07, 6.45) is 0.480. The average Bonchev–Trinajstić information content (AvgIpc) is 3.32. The van der Waals surface area contributed by atoms with Crippen LogP contribution in [0.5, 0.6) is 0 Å². The topological polar surface area (TPSA) is 109 Å². The summed E-state index contributed by atoms with van der Waals surface area (Å²) in [5.74, 6) is -0.373. The summed E-state index contributed by atoms with van der Waals surface area (Å²) in [6.45, 7) is 1.13. The Bertz CT molecular complexity index is 1080. The van der Waals surface area contributed by atoms with Crippen LogP contribution in [-0.4, -0.2) is 42.6 Å². The van der Waals surface area contributed by atoms with Gasteiger partial charge in [0.15, 0.2) is 5.66 Å². The number of amides is 2. The molecule has 4 rings (SSSR count). The molecule has 1 aromatic carbocycles. The van der Waals surface area contributed by atoms with Crippen molar-refractivity contribution in [2.24, 2.45) is 5.10 Å². The maximum absolute atomic E-state index is 13.1. The summed E-state index contributed by atoms with van der Waals surface area (Å²) in [4.78, 5) is 24.9. The first-order valence-electron chi connectivity index (χ1n) is 7.99. The van der Waals surface area contributed by atoms with Gasteiger partial charge in [-0.3, -0.25) is 4.79 Å². The molecular weight excluding hydrogens is 374 g/mol. The number of methoxy groups -OCH3 is 1. The van der Waals surface area contributed by atoms with E-state index in [1.807, 2.05) is 0 Å². The highest BCUT2D eigenvalue weighted by atomic mass is 32.2. The molecule has 2 aliphatic rings. The molecule has 27 heavy (non-hydrogen) atoms. The lowest BCUT2D eigenvalue weighted by Gasteiger charge is -2.37. The number of sulfonamides is 1. The van der Waals surface area contributed by atoms with Crippen LogP contribution < -0.4 is 0 Å². The van der Waals surface area contributed by atoms with Crippen molar-refractivity contribution in [2.45, 2.75) is 23.9 Å². The zero-order valence-corrected chi connectivity index (χ0v) is 15.3. The minimum atomic E-state index is -4.17. The van der Waals surface area contributed by atoms with Crippen LogP contribution in [0.3, 0.4) is 0 Å². The van der Waals surface area contributed by atoms with Gasteiger partial charge in [0.2, 0.25) is 5.91 Å². The lowest BCUT2D eigenvalue weighted by Crippen LogP contribution is -2.55. The van der Waals surface area contributed by atoms with Crippen LogP contribution in [0.2, 0.25) is 0 Å². The van der Waals surface area contributed by atoms with E-state index >= 15 is 0 Å². The predicted molar refractivity (Wildman–Crippen MR) is 91.9 cm³/mol. The van der Waals surface area contributed by atoms with Gasteiger partial charge in [-0.05, 0) is 18.2 Å². The van der Waals surface area contributed by atoms with E-state index < -0.39 is 27.7 Å². The van der Waals surface area contributed by atoms with Crippen molar-refractivity contribution in [1.29, 1.82) is 0 Å². The number of benzene rings is 1. The fourth-order valence-electron chi connectivity index (χ4n) is 3.63. The third-order valence-electron chi connectivity index (χ3n) is 4.60. The second-order valence-electron chi connectivity index (χ2n) is 6.08. The van der Waals surface area contributed by atoms with Gasteiger partial charge >= 0.3 is 6.09 Å². The maximum atomic E-state index is 13.1. The van der Waals surface area contributed by atoms with Gasteiger partial charge < -0.3 is 9.15 Å². The van der Waals surface area contributed by atoms with Crippen LogP contribution in [0, 0.1) is 0 Å². The molecule has 2 aromatic rings. The van der Waals surface area contributed by atoms with Crippen LogP contribution >= 0.6 is 0 Å². The molecular formula is C17H15N3O6S. The first-order chi connectivity index (χ1) is 12.8. The number of hydrogen-bond acceptors (Lipinski definition) is 7. The predicted octanol–water partition coefficient (Wildman–Crippen LogP) is 1.86. The van der Waals surface area contributed by atoms with Crippen LogP contribution in [0.1, 0.15) is 24.7 Å². The molecule has 1 aromatic heterocycles. The Labute approximate surface area is 154 Å². The molecule has 1 spiro atoms. The van der Waals surface area contributed by atoms with Crippen molar-refractivity contribution in [2.75, 3.05) is 7.11 Å². The van der Waals surface area contributed by atoms with Gasteiger partial charge in [-0.1, -0.05) is 18.2 Å².